The molecule has 24 heavy (non-hydrogen) atoms. The molecule has 1 heterocycles. The van der Waals surface area contributed by atoms with E-state index in [0.717, 1.165) is 18.2 Å². The maximum Gasteiger partial charge on any atom is 0.267 e. The number of rotatable bonds is 4. The molecule has 0 saturated heterocycles. The first-order valence-electron chi connectivity index (χ1n) is 7.23. The predicted molar refractivity (Wildman–Crippen MR) is 85.3 cm³/mol. The first kappa shape index (κ1) is 16.4. The van der Waals surface area contributed by atoms with E-state index in [2.05, 4.69) is 4.72 Å². The largest absolute Gasteiger partial charge is 0.312 e. The molecule has 0 radical (unpaired) electrons. The van der Waals surface area contributed by atoms with Gasteiger partial charge in [-0.3, -0.25) is 9.52 Å². The number of halogens is 2. The molecule has 0 aromatic heterocycles. The molecule has 8 heteroatoms. The summed E-state index contributed by atoms with van der Waals surface area (Å²) < 4.78 is 54.1. The zero-order valence-electron chi connectivity index (χ0n) is 12.7. The van der Waals surface area contributed by atoms with Crippen molar-refractivity contribution in [3.05, 3.63) is 53.6 Å². The van der Waals surface area contributed by atoms with Crippen molar-refractivity contribution in [1.29, 1.82) is 0 Å². The van der Waals surface area contributed by atoms with Crippen LogP contribution in [0.4, 0.5) is 20.2 Å². The fraction of sp³-hybridized carbons (Fsp3) is 0.188. The van der Waals surface area contributed by atoms with Gasteiger partial charge in [0.15, 0.2) is 4.90 Å². The average molecular weight is 352 g/mol. The topological polar surface area (TPSA) is 66.5 Å². The molecule has 1 N–H and O–H groups in total. The molecule has 0 unspecified atom stereocenters. The minimum atomic E-state index is -4.42. The van der Waals surface area contributed by atoms with Crippen LogP contribution < -0.4 is 9.62 Å². The Morgan fingerprint density at radius 1 is 1.17 bits per heavy atom. The number of amides is 1. The predicted octanol–water partition coefficient (Wildman–Crippen LogP) is 2.67. The lowest BCUT2D eigenvalue weighted by Crippen LogP contribution is -2.25. The standard InChI is InChI=1S/C16H14F2N2O3S/c1-2-20-14-7-6-11(8-10(14)9-15(20)21)19-24(22,23)16-12(17)4-3-5-13(16)18/h3-8,19H,2,9H2,1H3. The van der Waals surface area contributed by atoms with Gasteiger partial charge in [-0.15, -0.1) is 0 Å². The number of nitrogens with zero attached hydrogens (tertiary/aromatic N) is 1. The molecule has 5 nitrogen and oxygen atoms in total. The minimum Gasteiger partial charge on any atom is -0.312 e. The SMILES string of the molecule is CCN1C(=O)Cc2cc(NS(=O)(=O)c3c(F)cccc3F)ccc21. The van der Waals surface area contributed by atoms with E-state index in [9.17, 15) is 22.0 Å². The quantitative estimate of drug-likeness (QED) is 0.920. The van der Waals surface area contributed by atoms with Gasteiger partial charge in [0.2, 0.25) is 5.91 Å². The van der Waals surface area contributed by atoms with Gasteiger partial charge in [0, 0.05) is 17.9 Å². The summed E-state index contributed by atoms with van der Waals surface area (Å²) >= 11 is 0. The van der Waals surface area contributed by atoms with E-state index >= 15 is 0 Å². The zero-order chi connectivity index (χ0) is 17.5. The van der Waals surface area contributed by atoms with Crippen LogP contribution in [0.15, 0.2) is 41.3 Å². The fourth-order valence-corrected chi connectivity index (χ4v) is 3.93. The third kappa shape index (κ3) is 2.73. The Bertz CT molecular complexity index is 909. The summed E-state index contributed by atoms with van der Waals surface area (Å²) in [6.45, 7) is 2.35. The van der Waals surface area contributed by atoms with Crippen LogP contribution in [0, 0.1) is 11.6 Å². The van der Waals surface area contributed by atoms with Crippen molar-refractivity contribution in [2.75, 3.05) is 16.2 Å². The van der Waals surface area contributed by atoms with Gasteiger partial charge in [-0.25, -0.2) is 17.2 Å². The van der Waals surface area contributed by atoms with Crippen LogP contribution in [-0.2, 0) is 21.2 Å². The van der Waals surface area contributed by atoms with Crippen molar-refractivity contribution in [3.8, 4) is 0 Å². The van der Waals surface area contributed by atoms with Gasteiger partial charge < -0.3 is 4.90 Å². The highest BCUT2D eigenvalue weighted by molar-refractivity contribution is 7.92. The maximum absolute atomic E-state index is 13.7. The summed E-state index contributed by atoms with van der Waals surface area (Å²) in [5, 5.41) is 0. The average Bonchev–Trinajstić information content (AvgIpc) is 2.80. The minimum absolute atomic E-state index is 0.0762. The van der Waals surface area contributed by atoms with Crippen molar-refractivity contribution in [2.45, 2.75) is 18.2 Å². The Morgan fingerprint density at radius 2 is 1.83 bits per heavy atom. The molecule has 2 aromatic carbocycles. The van der Waals surface area contributed by atoms with Crippen molar-refractivity contribution in [2.24, 2.45) is 0 Å². The monoisotopic (exact) mass is 352 g/mol. The van der Waals surface area contributed by atoms with E-state index in [-0.39, 0.29) is 18.0 Å². The van der Waals surface area contributed by atoms with Gasteiger partial charge in [-0.1, -0.05) is 6.07 Å². The second kappa shape index (κ2) is 5.86. The smallest absolute Gasteiger partial charge is 0.267 e. The van der Waals surface area contributed by atoms with E-state index in [4.69, 9.17) is 0 Å². The summed E-state index contributed by atoms with van der Waals surface area (Å²) in [6.07, 6.45) is 0.160. The molecule has 0 atom stereocenters. The third-order valence-electron chi connectivity index (χ3n) is 3.77. The Kier molecular flexibility index (Phi) is 4.00. The number of carbonyl (C=O) groups is 1. The van der Waals surface area contributed by atoms with Crippen LogP contribution in [0.2, 0.25) is 0 Å². The Hall–Kier alpha value is -2.48. The lowest BCUT2D eigenvalue weighted by Gasteiger charge is -2.15. The molecule has 126 valence electrons. The molecule has 0 spiro atoms. The molecule has 2 aromatic rings. The lowest BCUT2D eigenvalue weighted by atomic mass is 10.1. The number of hydrogen-bond acceptors (Lipinski definition) is 3. The number of sulfonamides is 1. The zero-order valence-corrected chi connectivity index (χ0v) is 13.5. The first-order chi connectivity index (χ1) is 11.3. The van der Waals surface area contributed by atoms with Gasteiger partial charge in [-0.05, 0) is 42.8 Å². The van der Waals surface area contributed by atoms with Gasteiger partial charge in [0.1, 0.15) is 11.6 Å². The summed E-state index contributed by atoms with van der Waals surface area (Å²) in [6, 6.07) is 7.40. The van der Waals surface area contributed by atoms with Crippen LogP contribution in [0.5, 0.6) is 0 Å². The van der Waals surface area contributed by atoms with Crippen LogP contribution in [0.3, 0.4) is 0 Å². The second-order valence-corrected chi connectivity index (χ2v) is 6.93. The van der Waals surface area contributed by atoms with Gasteiger partial charge in [0.25, 0.3) is 10.0 Å². The molecule has 0 saturated carbocycles. The number of carbonyl (C=O) groups excluding carboxylic acids is 1. The summed E-state index contributed by atoms with van der Waals surface area (Å²) in [5.41, 5.74) is 1.51. The van der Waals surface area contributed by atoms with E-state index in [1.807, 2.05) is 6.92 Å². The normalized spacial score (nSPS) is 14.0. The Labute approximate surface area is 138 Å². The molecule has 1 amide bonds. The first-order valence-corrected chi connectivity index (χ1v) is 8.72. The molecule has 3 rings (SSSR count). The van der Waals surface area contributed by atoms with Gasteiger partial charge >= 0.3 is 0 Å². The summed E-state index contributed by atoms with van der Waals surface area (Å²) in [5.74, 6) is -2.42. The van der Waals surface area contributed by atoms with Crippen LogP contribution in [0.25, 0.3) is 0 Å². The van der Waals surface area contributed by atoms with Crippen molar-refractivity contribution in [1.82, 2.24) is 0 Å². The summed E-state index contributed by atoms with van der Waals surface area (Å²) in [4.78, 5) is 12.4. The molecule has 1 aliphatic heterocycles. The number of fused-ring (bicyclic) bond motifs is 1. The molecule has 0 aliphatic carbocycles. The number of likely N-dealkylation sites (N-methyl/N-ethyl adjacent to an activating group) is 1. The fourth-order valence-electron chi connectivity index (χ4n) is 2.74. The second-order valence-electron chi connectivity index (χ2n) is 5.31. The van der Waals surface area contributed by atoms with Crippen LogP contribution in [-0.4, -0.2) is 20.9 Å². The van der Waals surface area contributed by atoms with Gasteiger partial charge in [0.05, 0.1) is 6.42 Å². The maximum atomic E-state index is 13.7. The molecular formula is C16H14F2N2O3S. The van der Waals surface area contributed by atoms with E-state index in [1.165, 1.54) is 12.1 Å². The Morgan fingerprint density at radius 3 is 2.46 bits per heavy atom. The van der Waals surface area contributed by atoms with E-state index in [0.29, 0.717) is 17.8 Å². The van der Waals surface area contributed by atoms with Crippen molar-refractivity contribution >= 4 is 27.3 Å². The van der Waals surface area contributed by atoms with E-state index < -0.39 is 26.6 Å². The van der Waals surface area contributed by atoms with E-state index in [1.54, 1.807) is 11.0 Å². The summed E-state index contributed by atoms with van der Waals surface area (Å²) in [7, 11) is -4.42. The van der Waals surface area contributed by atoms with Crippen LogP contribution >= 0.6 is 0 Å². The molecular weight excluding hydrogens is 338 g/mol. The number of nitrogens with one attached hydrogen (secondary N) is 1. The van der Waals surface area contributed by atoms with Crippen molar-refractivity contribution in [3.63, 3.8) is 0 Å². The highest BCUT2D eigenvalue weighted by Gasteiger charge is 2.28. The van der Waals surface area contributed by atoms with Crippen molar-refractivity contribution < 1.29 is 22.0 Å². The highest BCUT2D eigenvalue weighted by atomic mass is 32.2. The lowest BCUT2D eigenvalue weighted by molar-refractivity contribution is -0.117. The van der Waals surface area contributed by atoms with Crippen LogP contribution in [0.1, 0.15) is 12.5 Å². The Balaban J connectivity index is 1.95. The highest BCUT2D eigenvalue weighted by Crippen LogP contribution is 2.32. The third-order valence-corrected chi connectivity index (χ3v) is 5.20. The number of anilines is 2. The molecule has 0 bridgehead atoms. The van der Waals surface area contributed by atoms with Gasteiger partial charge in [-0.2, -0.15) is 0 Å². The number of hydrogen-bond donors (Lipinski definition) is 1. The number of benzene rings is 2. The molecule has 1 aliphatic rings. The molecule has 0 fully saturated rings.